The van der Waals surface area contributed by atoms with Gasteiger partial charge >= 0.3 is 6.03 Å². The van der Waals surface area contributed by atoms with E-state index in [0.717, 1.165) is 52.4 Å². The minimum Gasteiger partial charge on any atom is -0.353 e. The Morgan fingerprint density at radius 2 is 1.47 bits per heavy atom. The summed E-state index contributed by atoms with van der Waals surface area (Å²) in [6.07, 6.45) is 0. The van der Waals surface area contributed by atoms with Crippen molar-refractivity contribution in [2.24, 2.45) is 0 Å². The van der Waals surface area contributed by atoms with Crippen molar-refractivity contribution < 1.29 is 9.59 Å². The maximum atomic E-state index is 12.7. The molecule has 0 spiro atoms. The lowest BCUT2D eigenvalue weighted by Crippen LogP contribution is -2.53. The quantitative estimate of drug-likeness (QED) is 0.630. The molecule has 2 saturated heterocycles. The van der Waals surface area contributed by atoms with E-state index in [1.54, 1.807) is 0 Å². The minimum atomic E-state index is -0.0253. The van der Waals surface area contributed by atoms with Gasteiger partial charge < -0.3 is 20.4 Å². The van der Waals surface area contributed by atoms with Crippen molar-refractivity contribution >= 4 is 11.9 Å². The van der Waals surface area contributed by atoms with E-state index in [1.165, 1.54) is 11.1 Å². The molecule has 1 aromatic rings. The Balaban J connectivity index is 1.43. The van der Waals surface area contributed by atoms with Crippen LogP contribution >= 0.6 is 0 Å². The Morgan fingerprint density at radius 3 is 2.09 bits per heavy atom. The molecule has 0 unspecified atom stereocenters. The van der Waals surface area contributed by atoms with E-state index in [4.69, 9.17) is 0 Å². The number of urea groups is 1. The smallest absolute Gasteiger partial charge is 0.317 e. The molecule has 8 nitrogen and oxygen atoms in total. The van der Waals surface area contributed by atoms with Gasteiger partial charge in [-0.25, -0.2) is 4.79 Å². The summed E-state index contributed by atoms with van der Waals surface area (Å²) in [5, 5.41) is 6.03. The lowest BCUT2D eigenvalue weighted by atomic mass is 10.1. The Labute approximate surface area is 192 Å². The van der Waals surface area contributed by atoms with Gasteiger partial charge in [-0.2, -0.15) is 0 Å². The van der Waals surface area contributed by atoms with Gasteiger partial charge in [-0.1, -0.05) is 31.2 Å². The Morgan fingerprint density at radius 1 is 0.875 bits per heavy atom. The van der Waals surface area contributed by atoms with E-state index >= 15 is 0 Å². The molecule has 3 amide bonds. The molecule has 2 aliphatic heterocycles. The number of hydrogen-bond donors (Lipinski definition) is 2. The van der Waals surface area contributed by atoms with Gasteiger partial charge in [-0.05, 0) is 31.5 Å². The number of carbonyl (C=O) groups is 2. The third-order valence-corrected chi connectivity index (χ3v) is 6.33. The number of likely N-dealkylation sites (N-methyl/N-ethyl adjacent to an activating group) is 1. The predicted octanol–water partition coefficient (Wildman–Crippen LogP) is 1.18. The molecule has 2 heterocycles. The van der Waals surface area contributed by atoms with Gasteiger partial charge in [0.05, 0.1) is 6.54 Å². The summed E-state index contributed by atoms with van der Waals surface area (Å²) in [6.45, 7) is 16.3. The Hall–Kier alpha value is -2.16. The van der Waals surface area contributed by atoms with Crippen molar-refractivity contribution in [1.29, 1.82) is 0 Å². The van der Waals surface area contributed by atoms with E-state index in [-0.39, 0.29) is 18.0 Å². The number of rotatable bonds is 8. The van der Waals surface area contributed by atoms with E-state index in [2.05, 4.69) is 50.5 Å². The summed E-state index contributed by atoms with van der Waals surface area (Å²) in [4.78, 5) is 33.6. The minimum absolute atomic E-state index is 0.0253. The van der Waals surface area contributed by atoms with Gasteiger partial charge in [-0.15, -0.1) is 0 Å². The van der Waals surface area contributed by atoms with Gasteiger partial charge in [0.25, 0.3) is 0 Å². The molecule has 0 aromatic heterocycles. The number of nitrogens with one attached hydrogen (secondary N) is 2. The zero-order valence-electron chi connectivity index (χ0n) is 20.0. The summed E-state index contributed by atoms with van der Waals surface area (Å²) in [5.41, 5.74) is 2.47. The van der Waals surface area contributed by atoms with Gasteiger partial charge in [0.15, 0.2) is 0 Å². The molecule has 0 saturated carbocycles. The molecule has 1 aromatic carbocycles. The van der Waals surface area contributed by atoms with Crippen LogP contribution in [0, 0.1) is 0 Å². The zero-order valence-corrected chi connectivity index (χ0v) is 20.0. The molecule has 2 aliphatic rings. The molecule has 178 valence electrons. The van der Waals surface area contributed by atoms with Crippen LogP contribution in [0.4, 0.5) is 4.79 Å². The largest absolute Gasteiger partial charge is 0.353 e. The molecule has 8 heteroatoms. The average Bonchev–Trinajstić information content (AvgIpc) is 2.78. The lowest BCUT2D eigenvalue weighted by Gasteiger charge is -2.35. The number of piperazine rings is 2. The number of carbonyl (C=O) groups excluding carboxylic acids is 2. The highest BCUT2D eigenvalue weighted by atomic mass is 16.2. The number of benzene rings is 1. The van der Waals surface area contributed by atoms with Crippen molar-refractivity contribution in [1.82, 2.24) is 30.2 Å². The van der Waals surface area contributed by atoms with Gasteiger partial charge in [-0.3, -0.25) is 14.6 Å². The van der Waals surface area contributed by atoms with Crippen LogP contribution in [0.25, 0.3) is 0 Å². The van der Waals surface area contributed by atoms with Gasteiger partial charge in [0.2, 0.25) is 5.91 Å². The highest BCUT2D eigenvalue weighted by molar-refractivity contribution is 5.78. The number of amides is 3. The second-order valence-corrected chi connectivity index (χ2v) is 9.12. The Kier molecular flexibility index (Phi) is 9.32. The number of nitrogens with zero attached hydrogens (tertiary/aromatic N) is 4. The molecule has 0 bridgehead atoms. The summed E-state index contributed by atoms with van der Waals surface area (Å²) in [7, 11) is 0. The van der Waals surface area contributed by atoms with Crippen LogP contribution in [0.15, 0.2) is 24.3 Å². The van der Waals surface area contributed by atoms with E-state index in [0.29, 0.717) is 26.2 Å². The first kappa shape index (κ1) is 24.5. The van der Waals surface area contributed by atoms with Crippen LogP contribution in [-0.2, 0) is 17.9 Å². The van der Waals surface area contributed by atoms with Crippen LogP contribution in [0.3, 0.4) is 0 Å². The fourth-order valence-corrected chi connectivity index (χ4v) is 4.35. The first-order chi connectivity index (χ1) is 15.4. The standard InChI is InChI=1S/C24H40N6O2/c1-4-27-9-11-28(12-10-27)18-22-8-6-5-7-21(22)17-25-24(32)30-15-13-29(14-16-30)19-23(31)26-20(2)3/h5-8,20H,4,9-19H2,1-3H3,(H,25,32)(H,26,31). The third kappa shape index (κ3) is 7.46. The first-order valence-electron chi connectivity index (χ1n) is 12.0. The van der Waals surface area contributed by atoms with E-state index < -0.39 is 0 Å². The highest BCUT2D eigenvalue weighted by Gasteiger charge is 2.23. The predicted molar refractivity (Wildman–Crippen MR) is 127 cm³/mol. The third-order valence-electron chi connectivity index (χ3n) is 6.33. The fraction of sp³-hybridized carbons (Fsp3) is 0.667. The topological polar surface area (TPSA) is 71.2 Å². The highest BCUT2D eigenvalue weighted by Crippen LogP contribution is 2.14. The van der Waals surface area contributed by atoms with Crippen molar-refractivity contribution in [2.75, 3.05) is 65.4 Å². The molecule has 2 N–H and O–H groups in total. The first-order valence-corrected chi connectivity index (χ1v) is 12.0. The monoisotopic (exact) mass is 444 g/mol. The Bertz CT molecular complexity index is 740. The second-order valence-electron chi connectivity index (χ2n) is 9.12. The van der Waals surface area contributed by atoms with Crippen molar-refractivity contribution in [3.05, 3.63) is 35.4 Å². The van der Waals surface area contributed by atoms with Crippen LogP contribution in [0.1, 0.15) is 31.9 Å². The molecule has 0 atom stereocenters. The second kappa shape index (κ2) is 12.2. The molecule has 0 radical (unpaired) electrons. The summed E-state index contributed by atoms with van der Waals surface area (Å²) >= 11 is 0. The van der Waals surface area contributed by atoms with Crippen molar-refractivity contribution in [3.8, 4) is 0 Å². The van der Waals surface area contributed by atoms with Gasteiger partial charge in [0, 0.05) is 71.5 Å². The zero-order chi connectivity index (χ0) is 22.9. The normalized spacial score (nSPS) is 18.7. The average molecular weight is 445 g/mol. The van der Waals surface area contributed by atoms with Crippen LogP contribution in [-0.4, -0.2) is 103 Å². The van der Waals surface area contributed by atoms with Crippen LogP contribution in [0.5, 0.6) is 0 Å². The molecule has 32 heavy (non-hydrogen) atoms. The maximum Gasteiger partial charge on any atom is 0.317 e. The maximum absolute atomic E-state index is 12.7. The lowest BCUT2D eigenvalue weighted by molar-refractivity contribution is -0.123. The molecular formula is C24H40N6O2. The van der Waals surface area contributed by atoms with Crippen LogP contribution in [0.2, 0.25) is 0 Å². The van der Waals surface area contributed by atoms with E-state index in [9.17, 15) is 9.59 Å². The van der Waals surface area contributed by atoms with Crippen molar-refractivity contribution in [2.45, 2.75) is 39.9 Å². The molecule has 2 fully saturated rings. The SMILES string of the molecule is CCN1CCN(Cc2ccccc2CNC(=O)N2CCN(CC(=O)NC(C)C)CC2)CC1. The molecule has 3 rings (SSSR count). The van der Waals surface area contributed by atoms with Crippen molar-refractivity contribution in [3.63, 3.8) is 0 Å². The summed E-state index contributed by atoms with van der Waals surface area (Å²) < 4.78 is 0. The number of hydrogen-bond acceptors (Lipinski definition) is 5. The van der Waals surface area contributed by atoms with Crippen LogP contribution < -0.4 is 10.6 Å². The van der Waals surface area contributed by atoms with E-state index in [1.807, 2.05) is 24.8 Å². The molecule has 0 aliphatic carbocycles. The van der Waals surface area contributed by atoms with Gasteiger partial charge in [0.1, 0.15) is 0 Å². The fourth-order valence-electron chi connectivity index (χ4n) is 4.35. The summed E-state index contributed by atoms with van der Waals surface area (Å²) in [6, 6.07) is 8.54. The molecular weight excluding hydrogens is 404 g/mol. The summed E-state index contributed by atoms with van der Waals surface area (Å²) in [5.74, 6) is 0.0469.